The number of hydrogen-bond donors (Lipinski definition) is 3. The van der Waals surface area contributed by atoms with Crippen LogP contribution in [0.5, 0.6) is 0 Å². The summed E-state index contributed by atoms with van der Waals surface area (Å²) in [5.41, 5.74) is 9.00. The number of rotatable bonds is 2. The molecule has 0 atom stereocenters. The molecule has 0 aliphatic rings. The molecule has 4 nitrogen and oxygen atoms in total. The van der Waals surface area contributed by atoms with Crippen molar-refractivity contribution in [1.82, 2.24) is 5.32 Å². The van der Waals surface area contributed by atoms with Gasteiger partial charge in [-0.05, 0) is 14.1 Å². The van der Waals surface area contributed by atoms with Crippen molar-refractivity contribution in [2.45, 2.75) is 12.8 Å². The Bertz CT molecular complexity index is 118. The Labute approximate surface area is 74.7 Å². The van der Waals surface area contributed by atoms with Crippen molar-refractivity contribution in [3.8, 4) is 12.3 Å². The van der Waals surface area contributed by atoms with E-state index in [4.69, 9.17) is 6.42 Å². The minimum atomic E-state index is 0.00273. The van der Waals surface area contributed by atoms with Gasteiger partial charge in [0.15, 0.2) is 0 Å². The third-order valence-electron chi connectivity index (χ3n) is 0.775. The van der Waals surface area contributed by atoms with Crippen LogP contribution in [0.2, 0.25) is 0 Å². The van der Waals surface area contributed by atoms with Crippen LogP contribution in [0.25, 0.3) is 0 Å². The van der Waals surface area contributed by atoms with E-state index in [2.05, 4.69) is 22.7 Å². The van der Waals surface area contributed by atoms with Gasteiger partial charge in [0.1, 0.15) is 0 Å². The van der Waals surface area contributed by atoms with Crippen LogP contribution in [-0.2, 0) is 4.79 Å². The zero-order valence-electron chi connectivity index (χ0n) is 8.05. The first kappa shape index (κ1) is 17.2. The van der Waals surface area contributed by atoms with E-state index >= 15 is 0 Å². The number of carbonyl (C=O) groups is 1. The Morgan fingerprint density at radius 2 is 1.83 bits per heavy atom. The van der Waals surface area contributed by atoms with Crippen LogP contribution in [-0.4, -0.2) is 27.1 Å². The van der Waals surface area contributed by atoms with Gasteiger partial charge in [-0.3, -0.25) is 4.79 Å². The van der Waals surface area contributed by atoms with E-state index in [1.807, 2.05) is 0 Å². The number of nitrogens with one attached hydrogen (secondary N) is 1. The first-order valence-corrected chi connectivity index (χ1v) is 3.60. The van der Waals surface area contributed by atoms with Gasteiger partial charge in [0.2, 0.25) is 5.91 Å². The van der Waals surface area contributed by atoms with Gasteiger partial charge < -0.3 is 16.8 Å². The maximum absolute atomic E-state index is 10.4. The van der Waals surface area contributed by atoms with Crippen molar-refractivity contribution < 1.29 is 4.79 Å². The molecule has 4 heteroatoms. The Hall–Kier alpha value is -1.05. The highest BCUT2D eigenvalue weighted by atomic mass is 16.1. The molecule has 0 saturated heterocycles. The molecule has 72 valence electrons. The number of nitrogens with two attached hydrogens (primary N) is 2. The van der Waals surface area contributed by atoms with Crippen molar-refractivity contribution in [1.29, 1.82) is 0 Å². The number of amides is 1. The SMILES string of the molecule is C#CCCC(=O)NC.CN.CN. The molecule has 5 N–H and O–H groups in total. The summed E-state index contributed by atoms with van der Waals surface area (Å²) in [4.78, 5) is 10.4. The van der Waals surface area contributed by atoms with Gasteiger partial charge in [-0.2, -0.15) is 0 Å². The molecular weight excluding hydrogens is 154 g/mol. The van der Waals surface area contributed by atoms with E-state index in [0.29, 0.717) is 12.8 Å². The number of carbonyl (C=O) groups excluding carboxylic acids is 1. The zero-order chi connectivity index (χ0) is 10.4. The molecular formula is C8H19N3O. The molecule has 0 saturated carbocycles. The van der Waals surface area contributed by atoms with Gasteiger partial charge in [0.25, 0.3) is 0 Å². The van der Waals surface area contributed by atoms with Crippen molar-refractivity contribution >= 4 is 5.91 Å². The van der Waals surface area contributed by atoms with Crippen molar-refractivity contribution in [3.05, 3.63) is 0 Å². The van der Waals surface area contributed by atoms with Crippen molar-refractivity contribution in [2.24, 2.45) is 11.5 Å². The standard InChI is InChI=1S/C6H9NO.2CH5N/c1-3-4-5-6(8)7-2;2*1-2/h1H,4-5H2,2H3,(H,7,8);2*2H2,1H3. The first-order valence-electron chi connectivity index (χ1n) is 3.60. The summed E-state index contributed by atoms with van der Waals surface area (Å²) in [5.74, 6) is 2.37. The monoisotopic (exact) mass is 173 g/mol. The van der Waals surface area contributed by atoms with Crippen LogP contribution in [0, 0.1) is 12.3 Å². The zero-order valence-corrected chi connectivity index (χ0v) is 8.05. The Morgan fingerprint density at radius 1 is 1.42 bits per heavy atom. The normalized spacial score (nSPS) is 6.00. The van der Waals surface area contributed by atoms with Gasteiger partial charge in [-0.15, -0.1) is 12.3 Å². The third kappa shape index (κ3) is 23.1. The summed E-state index contributed by atoms with van der Waals surface area (Å²) in [6, 6.07) is 0. The molecule has 0 aromatic heterocycles. The van der Waals surface area contributed by atoms with Crippen LogP contribution in [0.4, 0.5) is 0 Å². The van der Waals surface area contributed by atoms with E-state index in [0.717, 1.165) is 0 Å². The van der Waals surface area contributed by atoms with Gasteiger partial charge >= 0.3 is 0 Å². The topological polar surface area (TPSA) is 81.1 Å². The van der Waals surface area contributed by atoms with E-state index in [-0.39, 0.29) is 5.91 Å². The van der Waals surface area contributed by atoms with Crippen molar-refractivity contribution in [2.75, 3.05) is 21.1 Å². The molecule has 0 radical (unpaired) electrons. The van der Waals surface area contributed by atoms with Gasteiger partial charge in [0.05, 0.1) is 0 Å². The predicted molar refractivity (Wildman–Crippen MR) is 52.4 cm³/mol. The summed E-state index contributed by atoms with van der Waals surface area (Å²) in [6.45, 7) is 0. The lowest BCUT2D eigenvalue weighted by Crippen LogP contribution is -2.16. The van der Waals surface area contributed by atoms with Crippen LogP contribution >= 0.6 is 0 Å². The average Bonchev–Trinajstić information content (AvgIpc) is 2.20. The summed E-state index contributed by atoms with van der Waals surface area (Å²) in [7, 11) is 4.60. The quantitative estimate of drug-likeness (QED) is 0.483. The minimum Gasteiger partial charge on any atom is -0.359 e. The number of hydrogen-bond acceptors (Lipinski definition) is 3. The molecule has 0 aromatic carbocycles. The summed E-state index contributed by atoms with van der Waals surface area (Å²) in [6.07, 6.45) is 5.87. The third-order valence-corrected chi connectivity index (χ3v) is 0.775. The molecule has 0 bridgehead atoms. The molecule has 0 aliphatic heterocycles. The summed E-state index contributed by atoms with van der Waals surface area (Å²) >= 11 is 0. The maximum Gasteiger partial charge on any atom is 0.220 e. The molecule has 0 fully saturated rings. The number of terminal acetylenes is 1. The fourth-order valence-corrected chi connectivity index (χ4v) is 0.311. The van der Waals surface area contributed by atoms with Gasteiger partial charge in [0, 0.05) is 19.9 Å². The van der Waals surface area contributed by atoms with Crippen LogP contribution < -0.4 is 16.8 Å². The van der Waals surface area contributed by atoms with Crippen molar-refractivity contribution in [3.63, 3.8) is 0 Å². The lowest BCUT2D eigenvalue weighted by atomic mass is 10.3. The maximum atomic E-state index is 10.4. The highest BCUT2D eigenvalue weighted by Gasteiger charge is 1.91. The second-order valence-corrected chi connectivity index (χ2v) is 1.38. The predicted octanol–water partition coefficient (Wildman–Crippen LogP) is -0.704. The summed E-state index contributed by atoms with van der Waals surface area (Å²) in [5, 5.41) is 2.47. The fraction of sp³-hybridized carbons (Fsp3) is 0.625. The Morgan fingerprint density at radius 3 is 2.08 bits per heavy atom. The molecule has 1 amide bonds. The fourth-order valence-electron chi connectivity index (χ4n) is 0.311. The average molecular weight is 173 g/mol. The van der Waals surface area contributed by atoms with Crippen LogP contribution in [0.1, 0.15) is 12.8 Å². The largest absolute Gasteiger partial charge is 0.359 e. The van der Waals surface area contributed by atoms with E-state index in [1.54, 1.807) is 7.05 Å². The van der Waals surface area contributed by atoms with E-state index in [9.17, 15) is 4.79 Å². The molecule has 0 unspecified atom stereocenters. The molecule has 12 heavy (non-hydrogen) atoms. The highest BCUT2D eigenvalue weighted by molar-refractivity contribution is 5.75. The Kier molecular flexibility index (Phi) is 32.2. The minimum absolute atomic E-state index is 0.00273. The second kappa shape index (κ2) is 22.5. The molecule has 0 heterocycles. The van der Waals surface area contributed by atoms with Crippen LogP contribution in [0.15, 0.2) is 0 Å². The highest BCUT2D eigenvalue weighted by Crippen LogP contribution is 1.82. The van der Waals surface area contributed by atoms with Crippen LogP contribution in [0.3, 0.4) is 0 Å². The smallest absolute Gasteiger partial charge is 0.220 e. The molecule has 0 spiro atoms. The molecule has 0 aromatic rings. The lowest BCUT2D eigenvalue weighted by molar-refractivity contribution is -0.120. The molecule has 0 aliphatic carbocycles. The van der Waals surface area contributed by atoms with Gasteiger partial charge in [-0.1, -0.05) is 0 Å². The van der Waals surface area contributed by atoms with Gasteiger partial charge in [-0.25, -0.2) is 0 Å². The lowest BCUT2D eigenvalue weighted by Gasteiger charge is -1.91. The van der Waals surface area contributed by atoms with E-state index < -0.39 is 0 Å². The summed E-state index contributed by atoms with van der Waals surface area (Å²) < 4.78 is 0. The second-order valence-electron chi connectivity index (χ2n) is 1.38. The molecule has 0 rings (SSSR count). The first-order chi connectivity index (χ1) is 5.81. The van der Waals surface area contributed by atoms with E-state index in [1.165, 1.54) is 14.1 Å². The Balaban J connectivity index is -0.000000175.